The quantitative estimate of drug-likeness (QED) is 0.631. The summed E-state index contributed by atoms with van der Waals surface area (Å²) in [6.45, 7) is 9.94. The molecule has 0 saturated carbocycles. The van der Waals surface area contributed by atoms with E-state index >= 15 is 0 Å². The molecule has 1 aliphatic rings. The van der Waals surface area contributed by atoms with E-state index < -0.39 is 0 Å². The van der Waals surface area contributed by atoms with E-state index in [4.69, 9.17) is 16.3 Å². The Labute approximate surface area is 149 Å². The van der Waals surface area contributed by atoms with Crippen molar-refractivity contribution in [1.82, 2.24) is 0 Å². The number of quaternary nitrogens is 2. The van der Waals surface area contributed by atoms with Gasteiger partial charge in [0, 0.05) is 16.6 Å². The molecule has 3 atom stereocenters. The summed E-state index contributed by atoms with van der Waals surface area (Å²) in [5, 5.41) is 3.57. The molecular weight excluding hydrogens is 326 g/mol. The molecule has 1 aromatic carbocycles. The largest absolute Gasteiger partial charge is 0.361 e. The van der Waals surface area contributed by atoms with Gasteiger partial charge in [-0.2, -0.15) is 0 Å². The molecule has 0 spiro atoms. The van der Waals surface area contributed by atoms with Gasteiger partial charge in [0.2, 0.25) is 0 Å². The second-order valence-corrected chi connectivity index (χ2v) is 7.62. The molecule has 2 rings (SSSR count). The average molecular weight is 356 g/mol. The normalized spacial score (nSPS) is 22.4. The minimum atomic E-state index is 0.0111. The van der Waals surface area contributed by atoms with E-state index in [2.05, 4.69) is 19.2 Å². The van der Waals surface area contributed by atoms with E-state index in [-0.39, 0.29) is 12.0 Å². The topological polar surface area (TPSA) is 47.2 Å². The van der Waals surface area contributed by atoms with E-state index in [0.717, 1.165) is 36.8 Å². The van der Waals surface area contributed by atoms with Crippen LogP contribution in [0.3, 0.4) is 0 Å². The van der Waals surface area contributed by atoms with Crippen LogP contribution in [-0.2, 0) is 9.53 Å². The molecular formula is C18H30ClN3O2+2. The van der Waals surface area contributed by atoms with Crippen LogP contribution >= 0.6 is 11.6 Å². The second kappa shape index (κ2) is 9.37. The molecule has 134 valence electrons. The molecule has 1 heterocycles. The highest BCUT2D eigenvalue weighted by Gasteiger charge is 2.27. The number of rotatable bonds is 7. The Kier molecular flexibility index (Phi) is 7.49. The van der Waals surface area contributed by atoms with Crippen LogP contribution in [0.15, 0.2) is 24.3 Å². The number of hydrogen-bond donors (Lipinski definition) is 3. The zero-order chi connectivity index (χ0) is 17.5. The molecule has 1 amide bonds. The number of nitrogens with one attached hydrogen (secondary N) is 3. The minimum Gasteiger partial charge on any atom is -0.361 e. The van der Waals surface area contributed by atoms with Gasteiger partial charge in [0.25, 0.3) is 5.91 Å². The van der Waals surface area contributed by atoms with Crippen LogP contribution in [0.1, 0.15) is 13.8 Å². The Morgan fingerprint density at radius 2 is 2.12 bits per heavy atom. The van der Waals surface area contributed by atoms with Gasteiger partial charge in [0.1, 0.15) is 19.6 Å². The van der Waals surface area contributed by atoms with E-state index in [1.807, 2.05) is 19.2 Å². The molecule has 0 aromatic heterocycles. The van der Waals surface area contributed by atoms with Gasteiger partial charge in [0.05, 0.1) is 20.2 Å². The number of amides is 1. The maximum absolute atomic E-state index is 12.1. The van der Waals surface area contributed by atoms with Crippen LogP contribution in [0.25, 0.3) is 0 Å². The van der Waals surface area contributed by atoms with Crippen LogP contribution in [-0.4, -0.2) is 58.4 Å². The average Bonchev–Trinajstić information content (AvgIpc) is 2.49. The van der Waals surface area contributed by atoms with Gasteiger partial charge in [-0.3, -0.25) is 4.79 Å². The van der Waals surface area contributed by atoms with Crippen LogP contribution in [0.4, 0.5) is 5.69 Å². The SMILES string of the molecule is CC(C)C[NH+]1CCO[C@@H](C[NH+](C)CC(=O)Nc2ccc(Cl)cc2)C1. The Morgan fingerprint density at radius 3 is 2.79 bits per heavy atom. The van der Waals surface area contributed by atoms with Gasteiger partial charge in [-0.15, -0.1) is 0 Å². The monoisotopic (exact) mass is 355 g/mol. The van der Waals surface area contributed by atoms with Gasteiger partial charge in [-0.1, -0.05) is 25.4 Å². The lowest BCUT2D eigenvalue weighted by molar-refractivity contribution is -0.926. The van der Waals surface area contributed by atoms with E-state index in [0.29, 0.717) is 17.5 Å². The maximum atomic E-state index is 12.1. The molecule has 5 nitrogen and oxygen atoms in total. The summed E-state index contributed by atoms with van der Waals surface area (Å²) in [6, 6.07) is 7.17. The van der Waals surface area contributed by atoms with Crippen molar-refractivity contribution in [2.24, 2.45) is 5.92 Å². The first-order valence-corrected chi connectivity index (χ1v) is 9.12. The summed E-state index contributed by atoms with van der Waals surface area (Å²) in [5.41, 5.74) is 0.777. The molecule has 3 N–H and O–H groups in total. The second-order valence-electron chi connectivity index (χ2n) is 7.19. The van der Waals surface area contributed by atoms with Crippen molar-refractivity contribution in [1.29, 1.82) is 0 Å². The third-order valence-electron chi connectivity index (χ3n) is 4.19. The molecule has 0 aliphatic carbocycles. The summed E-state index contributed by atoms with van der Waals surface area (Å²) < 4.78 is 5.89. The van der Waals surface area contributed by atoms with Crippen LogP contribution in [0.5, 0.6) is 0 Å². The lowest BCUT2D eigenvalue weighted by Crippen LogP contribution is -3.18. The van der Waals surface area contributed by atoms with E-state index in [1.165, 1.54) is 6.54 Å². The number of benzene rings is 1. The highest BCUT2D eigenvalue weighted by Crippen LogP contribution is 2.12. The number of carbonyl (C=O) groups excluding carboxylic acids is 1. The molecule has 0 radical (unpaired) electrons. The zero-order valence-corrected chi connectivity index (χ0v) is 15.7. The number of hydrogen-bond acceptors (Lipinski definition) is 2. The highest BCUT2D eigenvalue weighted by atomic mass is 35.5. The van der Waals surface area contributed by atoms with Gasteiger partial charge in [-0.05, 0) is 24.3 Å². The zero-order valence-electron chi connectivity index (χ0n) is 14.9. The number of anilines is 1. The third-order valence-corrected chi connectivity index (χ3v) is 4.44. The van der Waals surface area contributed by atoms with Gasteiger partial charge >= 0.3 is 0 Å². The lowest BCUT2D eigenvalue weighted by Gasteiger charge is -2.31. The van der Waals surface area contributed by atoms with Crippen molar-refractivity contribution >= 4 is 23.2 Å². The molecule has 1 aromatic rings. The smallest absolute Gasteiger partial charge is 0.279 e. The predicted molar refractivity (Wildman–Crippen MR) is 96.8 cm³/mol. The highest BCUT2D eigenvalue weighted by molar-refractivity contribution is 6.30. The molecule has 24 heavy (non-hydrogen) atoms. The molecule has 1 saturated heterocycles. The van der Waals surface area contributed by atoms with Gasteiger partial charge in [0.15, 0.2) is 12.6 Å². The number of likely N-dealkylation sites (N-methyl/N-ethyl adjacent to an activating group) is 1. The van der Waals surface area contributed by atoms with Crippen molar-refractivity contribution in [2.45, 2.75) is 20.0 Å². The van der Waals surface area contributed by atoms with Crippen molar-refractivity contribution in [3.8, 4) is 0 Å². The van der Waals surface area contributed by atoms with E-state index in [1.54, 1.807) is 17.0 Å². The molecule has 1 fully saturated rings. The predicted octanol–water partition coefficient (Wildman–Crippen LogP) is -0.267. The Balaban J connectivity index is 1.74. The Morgan fingerprint density at radius 1 is 1.42 bits per heavy atom. The number of morpholine rings is 1. The number of ether oxygens (including phenoxy) is 1. The van der Waals surface area contributed by atoms with Gasteiger partial charge < -0.3 is 19.9 Å². The molecule has 2 unspecified atom stereocenters. The first kappa shape index (κ1) is 19.2. The van der Waals surface area contributed by atoms with Gasteiger partial charge in [-0.25, -0.2) is 0 Å². The standard InChI is InChI=1S/C18H28ClN3O2/c1-14(2)10-22-8-9-24-17(12-22)11-21(3)13-18(23)20-16-6-4-15(19)5-7-16/h4-7,14,17H,8-13H2,1-3H3,(H,20,23)/p+2/t17-/m0/s1. The van der Waals surface area contributed by atoms with Crippen molar-refractivity contribution < 1.29 is 19.3 Å². The fourth-order valence-electron chi connectivity index (χ4n) is 3.22. The Bertz CT molecular complexity index is 522. The Hall–Kier alpha value is -1.14. The van der Waals surface area contributed by atoms with Crippen molar-refractivity contribution in [3.63, 3.8) is 0 Å². The first-order valence-electron chi connectivity index (χ1n) is 8.74. The minimum absolute atomic E-state index is 0.0111. The van der Waals surface area contributed by atoms with Crippen LogP contribution in [0, 0.1) is 5.92 Å². The number of carbonyl (C=O) groups is 1. The lowest BCUT2D eigenvalue weighted by atomic mass is 10.1. The molecule has 1 aliphatic heterocycles. The van der Waals surface area contributed by atoms with Crippen molar-refractivity contribution in [2.75, 3.05) is 51.7 Å². The van der Waals surface area contributed by atoms with Crippen molar-refractivity contribution in [3.05, 3.63) is 29.3 Å². The summed E-state index contributed by atoms with van der Waals surface area (Å²) in [7, 11) is 2.04. The number of halogens is 1. The first-order chi connectivity index (χ1) is 11.4. The van der Waals surface area contributed by atoms with Crippen LogP contribution < -0.4 is 15.1 Å². The fraction of sp³-hybridized carbons (Fsp3) is 0.611. The summed E-state index contributed by atoms with van der Waals surface area (Å²) in [4.78, 5) is 14.9. The summed E-state index contributed by atoms with van der Waals surface area (Å²) in [6.07, 6.45) is 0.232. The molecule has 6 heteroatoms. The molecule has 0 bridgehead atoms. The summed E-state index contributed by atoms with van der Waals surface area (Å²) in [5.74, 6) is 0.714. The maximum Gasteiger partial charge on any atom is 0.279 e. The fourth-order valence-corrected chi connectivity index (χ4v) is 3.35. The van der Waals surface area contributed by atoms with E-state index in [9.17, 15) is 4.79 Å². The summed E-state index contributed by atoms with van der Waals surface area (Å²) >= 11 is 5.85. The van der Waals surface area contributed by atoms with Crippen LogP contribution in [0.2, 0.25) is 5.02 Å². The third kappa shape index (κ3) is 6.77.